The van der Waals surface area contributed by atoms with Gasteiger partial charge < -0.3 is 10.5 Å². The highest BCUT2D eigenvalue weighted by molar-refractivity contribution is 7.88. The fourth-order valence-corrected chi connectivity index (χ4v) is 3.15. The molecule has 0 bridgehead atoms. The van der Waals surface area contributed by atoms with Gasteiger partial charge in [0.2, 0.25) is 10.0 Å². The summed E-state index contributed by atoms with van der Waals surface area (Å²) in [5.74, 6) is 0.0149. The quantitative estimate of drug-likeness (QED) is 0.713. The molecule has 1 fully saturated rings. The van der Waals surface area contributed by atoms with Crippen LogP contribution in [0.15, 0.2) is 0 Å². The minimum absolute atomic E-state index is 0.0581. The maximum atomic E-state index is 11.8. The Bertz CT molecular complexity index is 383. The van der Waals surface area contributed by atoms with Crippen molar-refractivity contribution in [3.05, 3.63) is 0 Å². The number of methoxy groups -OCH3 is 1. The van der Waals surface area contributed by atoms with E-state index in [1.807, 2.05) is 0 Å². The molecule has 7 heteroatoms. The lowest BCUT2D eigenvalue weighted by Gasteiger charge is -2.30. The molecule has 0 radical (unpaired) electrons. The van der Waals surface area contributed by atoms with Gasteiger partial charge in [0.25, 0.3) is 0 Å². The van der Waals surface area contributed by atoms with E-state index in [9.17, 15) is 13.2 Å². The van der Waals surface area contributed by atoms with Crippen molar-refractivity contribution in [1.82, 2.24) is 4.31 Å². The zero-order valence-corrected chi connectivity index (χ0v) is 11.8. The molecule has 1 saturated heterocycles. The molecule has 2 atom stereocenters. The Balaban J connectivity index is 2.50. The van der Waals surface area contributed by atoms with Crippen LogP contribution in [0.4, 0.5) is 0 Å². The number of piperidine rings is 1. The van der Waals surface area contributed by atoms with Gasteiger partial charge in [-0.05, 0) is 18.8 Å². The van der Waals surface area contributed by atoms with Gasteiger partial charge in [-0.2, -0.15) is 0 Å². The molecule has 106 valence electrons. The maximum absolute atomic E-state index is 11.8. The molecule has 1 heterocycles. The number of rotatable bonds is 6. The molecule has 0 aromatic carbocycles. The van der Waals surface area contributed by atoms with Crippen LogP contribution in [0.2, 0.25) is 0 Å². The third-order valence-electron chi connectivity index (χ3n) is 3.20. The molecular formula is C11H22N2O4S. The van der Waals surface area contributed by atoms with Crippen molar-refractivity contribution in [1.29, 1.82) is 0 Å². The standard InChI is InChI=1S/C11H22N2O4S/c1-17-8-10(12)11(14)6-9-4-3-5-13(7-9)18(2,15)16/h9-10H,3-8,12H2,1-2H3. The monoisotopic (exact) mass is 278 g/mol. The lowest BCUT2D eigenvalue weighted by molar-refractivity contribution is -0.122. The molecule has 2 N–H and O–H groups in total. The second-order valence-corrected chi connectivity index (χ2v) is 6.84. The van der Waals surface area contributed by atoms with Crippen LogP contribution in [0.3, 0.4) is 0 Å². The number of hydrogen-bond acceptors (Lipinski definition) is 5. The van der Waals surface area contributed by atoms with Gasteiger partial charge in [-0.3, -0.25) is 4.79 Å². The smallest absolute Gasteiger partial charge is 0.211 e. The van der Waals surface area contributed by atoms with Crippen LogP contribution in [0.25, 0.3) is 0 Å². The minimum Gasteiger partial charge on any atom is -0.383 e. The lowest BCUT2D eigenvalue weighted by atomic mass is 9.92. The second kappa shape index (κ2) is 6.60. The number of nitrogens with zero attached hydrogens (tertiary/aromatic N) is 1. The maximum Gasteiger partial charge on any atom is 0.211 e. The van der Waals surface area contributed by atoms with E-state index >= 15 is 0 Å². The first-order chi connectivity index (χ1) is 8.34. The van der Waals surface area contributed by atoms with E-state index in [4.69, 9.17) is 10.5 Å². The zero-order valence-electron chi connectivity index (χ0n) is 11.0. The van der Waals surface area contributed by atoms with Crippen molar-refractivity contribution in [2.24, 2.45) is 11.7 Å². The highest BCUT2D eigenvalue weighted by Gasteiger charge is 2.28. The number of ether oxygens (including phenoxy) is 1. The van der Waals surface area contributed by atoms with Gasteiger partial charge in [0.15, 0.2) is 5.78 Å². The van der Waals surface area contributed by atoms with Crippen molar-refractivity contribution >= 4 is 15.8 Å². The molecule has 2 unspecified atom stereocenters. The van der Waals surface area contributed by atoms with Crippen LogP contribution >= 0.6 is 0 Å². The molecule has 0 amide bonds. The Labute approximate surface area is 109 Å². The van der Waals surface area contributed by atoms with E-state index in [0.29, 0.717) is 19.5 Å². The number of carbonyl (C=O) groups is 1. The number of hydrogen-bond donors (Lipinski definition) is 1. The average molecular weight is 278 g/mol. The third kappa shape index (κ3) is 4.64. The Morgan fingerprint density at radius 3 is 2.78 bits per heavy atom. The highest BCUT2D eigenvalue weighted by atomic mass is 32.2. The van der Waals surface area contributed by atoms with Crippen LogP contribution < -0.4 is 5.73 Å². The number of Topliss-reactive ketones (excluding diaryl/α,β-unsaturated/α-hetero) is 1. The van der Waals surface area contributed by atoms with Crippen LogP contribution in [-0.4, -0.2) is 57.6 Å². The first-order valence-corrected chi connectivity index (χ1v) is 7.91. The van der Waals surface area contributed by atoms with Gasteiger partial charge in [0.1, 0.15) is 0 Å². The number of ketones is 1. The van der Waals surface area contributed by atoms with Gasteiger partial charge in [0.05, 0.1) is 18.9 Å². The predicted octanol–water partition coefficient (Wildman–Crippen LogP) is -0.409. The molecule has 0 aromatic heterocycles. The fourth-order valence-electron chi connectivity index (χ4n) is 2.20. The second-order valence-electron chi connectivity index (χ2n) is 4.86. The Hall–Kier alpha value is -0.500. The molecule has 0 spiro atoms. The molecule has 1 rings (SSSR count). The van der Waals surface area contributed by atoms with E-state index in [1.54, 1.807) is 0 Å². The summed E-state index contributed by atoms with van der Waals surface area (Å²) in [5, 5.41) is 0. The summed E-state index contributed by atoms with van der Waals surface area (Å²) in [6, 6.07) is -0.608. The topological polar surface area (TPSA) is 89.7 Å². The van der Waals surface area contributed by atoms with E-state index in [2.05, 4.69) is 0 Å². The van der Waals surface area contributed by atoms with Gasteiger partial charge in [-0.1, -0.05) is 0 Å². The molecule has 1 aliphatic rings. The molecule has 0 aromatic rings. The minimum atomic E-state index is -3.16. The third-order valence-corrected chi connectivity index (χ3v) is 4.47. The first kappa shape index (κ1) is 15.6. The summed E-state index contributed by atoms with van der Waals surface area (Å²) >= 11 is 0. The van der Waals surface area contributed by atoms with Crippen molar-refractivity contribution in [3.63, 3.8) is 0 Å². The Morgan fingerprint density at radius 1 is 1.56 bits per heavy atom. The zero-order chi connectivity index (χ0) is 13.8. The summed E-state index contributed by atoms with van der Waals surface area (Å²) < 4.78 is 29.2. The van der Waals surface area contributed by atoms with Crippen molar-refractivity contribution in [2.45, 2.75) is 25.3 Å². The largest absolute Gasteiger partial charge is 0.383 e. The van der Waals surface area contributed by atoms with Gasteiger partial charge >= 0.3 is 0 Å². The summed E-state index contributed by atoms with van der Waals surface area (Å²) in [6.45, 7) is 1.18. The number of nitrogens with two attached hydrogens (primary N) is 1. The molecule has 6 nitrogen and oxygen atoms in total. The average Bonchev–Trinajstić information content (AvgIpc) is 2.28. The van der Waals surface area contributed by atoms with Crippen molar-refractivity contribution in [2.75, 3.05) is 33.1 Å². The molecule has 1 aliphatic heterocycles. The summed E-state index contributed by atoms with van der Waals surface area (Å²) in [4.78, 5) is 11.8. The van der Waals surface area contributed by atoms with Crippen LogP contribution in [-0.2, 0) is 19.6 Å². The van der Waals surface area contributed by atoms with Crippen molar-refractivity contribution in [3.8, 4) is 0 Å². The molecular weight excluding hydrogens is 256 g/mol. The first-order valence-electron chi connectivity index (χ1n) is 6.07. The SMILES string of the molecule is COCC(N)C(=O)CC1CCCN(S(C)(=O)=O)C1. The van der Waals surface area contributed by atoms with Crippen LogP contribution in [0.1, 0.15) is 19.3 Å². The predicted molar refractivity (Wildman–Crippen MR) is 68.6 cm³/mol. The molecule has 0 aliphatic carbocycles. The highest BCUT2D eigenvalue weighted by Crippen LogP contribution is 2.22. The van der Waals surface area contributed by atoms with E-state index < -0.39 is 16.1 Å². The fraction of sp³-hybridized carbons (Fsp3) is 0.909. The Kier molecular flexibility index (Phi) is 5.71. The van der Waals surface area contributed by atoms with E-state index in [-0.39, 0.29) is 18.3 Å². The number of carbonyl (C=O) groups excluding carboxylic acids is 1. The van der Waals surface area contributed by atoms with Gasteiger partial charge in [-0.15, -0.1) is 0 Å². The number of sulfonamides is 1. The molecule has 18 heavy (non-hydrogen) atoms. The van der Waals surface area contributed by atoms with Crippen LogP contribution in [0.5, 0.6) is 0 Å². The Morgan fingerprint density at radius 2 is 2.22 bits per heavy atom. The lowest BCUT2D eigenvalue weighted by Crippen LogP contribution is -2.42. The van der Waals surface area contributed by atoms with Gasteiger partial charge in [0, 0.05) is 26.6 Å². The van der Waals surface area contributed by atoms with E-state index in [0.717, 1.165) is 12.8 Å². The summed E-state index contributed by atoms with van der Waals surface area (Å²) in [5.41, 5.74) is 5.66. The summed E-state index contributed by atoms with van der Waals surface area (Å²) in [6.07, 6.45) is 3.20. The summed E-state index contributed by atoms with van der Waals surface area (Å²) in [7, 11) is -1.66. The van der Waals surface area contributed by atoms with Crippen molar-refractivity contribution < 1.29 is 17.9 Å². The molecule has 0 saturated carbocycles. The van der Waals surface area contributed by atoms with E-state index in [1.165, 1.54) is 17.7 Å². The van der Waals surface area contributed by atoms with Gasteiger partial charge in [-0.25, -0.2) is 12.7 Å². The van der Waals surface area contributed by atoms with Crippen LogP contribution in [0, 0.1) is 5.92 Å². The normalized spacial score (nSPS) is 23.8.